The van der Waals surface area contributed by atoms with Gasteiger partial charge in [0.1, 0.15) is 0 Å². The van der Waals surface area contributed by atoms with E-state index in [0.29, 0.717) is 5.92 Å². The Morgan fingerprint density at radius 3 is 2.33 bits per heavy atom. The molecule has 0 radical (unpaired) electrons. The summed E-state index contributed by atoms with van der Waals surface area (Å²) in [6.45, 7) is 5.67. The van der Waals surface area contributed by atoms with Crippen LogP contribution in [0.5, 0.6) is 0 Å². The second-order valence-corrected chi connectivity index (χ2v) is 4.27. The van der Waals surface area contributed by atoms with Gasteiger partial charge in [-0.25, -0.2) is 0 Å². The van der Waals surface area contributed by atoms with Crippen molar-refractivity contribution in [3.8, 4) is 0 Å². The molecule has 1 fully saturated rings. The summed E-state index contributed by atoms with van der Waals surface area (Å²) < 4.78 is 0. The normalized spacial score (nSPS) is 18.3. The van der Waals surface area contributed by atoms with E-state index < -0.39 is 0 Å². The van der Waals surface area contributed by atoms with Crippen molar-refractivity contribution in [2.75, 3.05) is 13.1 Å². The minimum absolute atomic E-state index is 0.172. The fourth-order valence-electron chi connectivity index (χ4n) is 2.19. The molecule has 0 aromatic rings. The van der Waals surface area contributed by atoms with Gasteiger partial charge in [-0.1, -0.05) is 25.3 Å². The third-order valence-electron chi connectivity index (χ3n) is 3.24. The summed E-state index contributed by atoms with van der Waals surface area (Å²) in [5.74, 6) is 0.823. The Morgan fingerprint density at radius 1 is 1.20 bits per heavy atom. The third kappa shape index (κ3) is 4.06. The number of hydrogen-bond donors (Lipinski definition) is 0. The van der Waals surface area contributed by atoms with Crippen LogP contribution in [0.3, 0.4) is 0 Å². The molecule has 15 heavy (non-hydrogen) atoms. The molecule has 0 spiro atoms. The maximum Gasteiger partial charge on any atom is 0.246 e. The van der Waals surface area contributed by atoms with Crippen molar-refractivity contribution in [1.29, 1.82) is 0 Å². The molecular weight excluding hydrogens is 186 g/mol. The summed E-state index contributed by atoms with van der Waals surface area (Å²) in [4.78, 5) is 13.5. The predicted octanol–water partition coefficient (Wildman–Crippen LogP) is 2.99. The first kappa shape index (κ1) is 12.3. The molecule has 1 aliphatic carbocycles. The molecule has 0 atom stereocenters. The van der Waals surface area contributed by atoms with Gasteiger partial charge in [0.05, 0.1) is 0 Å². The summed E-state index contributed by atoms with van der Waals surface area (Å²) >= 11 is 0. The first-order valence-electron chi connectivity index (χ1n) is 6.25. The van der Waals surface area contributed by atoms with Crippen LogP contribution in [0.4, 0.5) is 0 Å². The van der Waals surface area contributed by atoms with Crippen molar-refractivity contribution in [1.82, 2.24) is 4.90 Å². The Labute approximate surface area is 93.3 Å². The predicted molar refractivity (Wildman–Crippen MR) is 63.6 cm³/mol. The van der Waals surface area contributed by atoms with Crippen LogP contribution in [0.2, 0.25) is 0 Å². The second-order valence-electron chi connectivity index (χ2n) is 4.27. The largest absolute Gasteiger partial charge is 0.340 e. The molecular formula is C13H23NO. The van der Waals surface area contributed by atoms with Gasteiger partial charge < -0.3 is 4.90 Å². The van der Waals surface area contributed by atoms with E-state index in [0.717, 1.165) is 13.1 Å². The number of rotatable bonds is 4. The highest BCUT2D eigenvalue weighted by Crippen LogP contribution is 2.24. The lowest BCUT2D eigenvalue weighted by molar-refractivity contribution is -0.125. The molecule has 0 saturated heterocycles. The zero-order chi connectivity index (χ0) is 11.1. The number of nitrogens with zero attached hydrogens (tertiary/aromatic N) is 1. The van der Waals surface area contributed by atoms with Gasteiger partial charge in [0.2, 0.25) is 5.91 Å². The van der Waals surface area contributed by atoms with Crippen LogP contribution in [0, 0.1) is 5.92 Å². The van der Waals surface area contributed by atoms with Crippen LogP contribution in [0.25, 0.3) is 0 Å². The van der Waals surface area contributed by atoms with Gasteiger partial charge in [-0.3, -0.25) is 4.79 Å². The minimum atomic E-state index is 0.172. The van der Waals surface area contributed by atoms with Gasteiger partial charge in [-0.2, -0.15) is 0 Å². The average Bonchev–Trinajstić information content (AvgIpc) is 2.29. The van der Waals surface area contributed by atoms with E-state index in [4.69, 9.17) is 0 Å². The molecule has 0 aromatic carbocycles. The van der Waals surface area contributed by atoms with Crippen molar-refractivity contribution >= 4 is 5.91 Å². The molecule has 0 aromatic heterocycles. The molecule has 1 saturated carbocycles. The Balaban J connectivity index is 2.37. The standard InChI is InChI=1S/C13H23NO/c1-3-14(4-2)13(15)11-10-12-8-6-5-7-9-12/h10-12H,3-9H2,1-2H3/b11-10+. The molecule has 2 nitrogen and oxygen atoms in total. The monoisotopic (exact) mass is 209 g/mol. The topological polar surface area (TPSA) is 20.3 Å². The highest BCUT2D eigenvalue weighted by atomic mass is 16.2. The van der Waals surface area contributed by atoms with Gasteiger partial charge in [0.25, 0.3) is 0 Å². The smallest absolute Gasteiger partial charge is 0.246 e. The lowest BCUT2D eigenvalue weighted by atomic mass is 9.89. The lowest BCUT2D eigenvalue weighted by Crippen LogP contribution is -2.28. The van der Waals surface area contributed by atoms with Crippen LogP contribution in [0.1, 0.15) is 46.0 Å². The van der Waals surface area contributed by atoms with Crippen molar-refractivity contribution in [3.05, 3.63) is 12.2 Å². The summed E-state index contributed by atoms with van der Waals surface area (Å²) in [5, 5.41) is 0. The van der Waals surface area contributed by atoms with Crippen molar-refractivity contribution < 1.29 is 4.79 Å². The maximum atomic E-state index is 11.7. The molecule has 1 aliphatic rings. The van der Waals surface area contributed by atoms with Gasteiger partial charge in [-0.15, -0.1) is 0 Å². The zero-order valence-corrected chi connectivity index (χ0v) is 10.0. The van der Waals surface area contributed by atoms with Gasteiger partial charge in [0.15, 0.2) is 0 Å². The summed E-state index contributed by atoms with van der Waals surface area (Å²) in [6.07, 6.45) is 10.5. The quantitative estimate of drug-likeness (QED) is 0.652. The number of carbonyl (C=O) groups excluding carboxylic acids is 1. The van der Waals surface area contributed by atoms with Crippen LogP contribution in [0.15, 0.2) is 12.2 Å². The summed E-state index contributed by atoms with van der Waals surface area (Å²) in [7, 11) is 0. The van der Waals surface area contributed by atoms with E-state index in [1.54, 1.807) is 6.08 Å². The van der Waals surface area contributed by atoms with Gasteiger partial charge >= 0.3 is 0 Å². The number of hydrogen-bond acceptors (Lipinski definition) is 1. The molecule has 0 heterocycles. The number of allylic oxidation sites excluding steroid dienone is 1. The molecule has 0 N–H and O–H groups in total. The van der Waals surface area contributed by atoms with Crippen molar-refractivity contribution in [2.45, 2.75) is 46.0 Å². The van der Waals surface area contributed by atoms with Crippen LogP contribution in [-0.4, -0.2) is 23.9 Å². The third-order valence-corrected chi connectivity index (χ3v) is 3.24. The SMILES string of the molecule is CCN(CC)C(=O)/C=C/C1CCCCC1. The molecule has 2 heteroatoms. The fraction of sp³-hybridized carbons (Fsp3) is 0.769. The molecule has 0 aliphatic heterocycles. The van der Waals surface area contributed by atoms with Crippen LogP contribution >= 0.6 is 0 Å². The molecule has 1 amide bonds. The Bertz CT molecular complexity index is 213. The van der Waals surface area contributed by atoms with Crippen LogP contribution < -0.4 is 0 Å². The molecule has 0 unspecified atom stereocenters. The number of carbonyl (C=O) groups is 1. The van der Waals surface area contributed by atoms with E-state index in [2.05, 4.69) is 6.08 Å². The maximum absolute atomic E-state index is 11.7. The van der Waals surface area contributed by atoms with E-state index in [-0.39, 0.29) is 5.91 Å². The number of likely N-dealkylation sites (N-methyl/N-ethyl adjacent to an activating group) is 1. The first-order chi connectivity index (χ1) is 7.27. The first-order valence-corrected chi connectivity index (χ1v) is 6.25. The van der Waals surface area contributed by atoms with Crippen molar-refractivity contribution in [3.63, 3.8) is 0 Å². The van der Waals surface area contributed by atoms with Gasteiger partial charge in [0, 0.05) is 13.1 Å². The highest BCUT2D eigenvalue weighted by Gasteiger charge is 2.11. The minimum Gasteiger partial charge on any atom is -0.340 e. The molecule has 86 valence electrons. The van der Waals surface area contributed by atoms with E-state index in [1.807, 2.05) is 18.7 Å². The summed E-state index contributed by atoms with van der Waals surface area (Å²) in [6, 6.07) is 0. The van der Waals surface area contributed by atoms with Crippen LogP contribution in [-0.2, 0) is 4.79 Å². The molecule has 1 rings (SSSR count). The average molecular weight is 209 g/mol. The second kappa shape index (κ2) is 6.65. The Hall–Kier alpha value is -0.790. The zero-order valence-electron chi connectivity index (χ0n) is 10.0. The lowest BCUT2D eigenvalue weighted by Gasteiger charge is -2.19. The van der Waals surface area contributed by atoms with Gasteiger partial charge in [-0.05, 0) is 38.7 Å². The van der Waals surface area contributed by atoms with E-state index >= 15 is 0 Å². The summed E-state index contributed by atoms with van der Waals surface area (Å²) in [5.41, 5.74) is 0. The van der Waals surface area contributed by atoms with E-state index in [9.17, 15) is 4.79 Å². The number of amides is 1. The molecule has 0 bridgehead atoms. The highest BCUT2D eigenvalue weighted by molar-refractivity contribution is 5.87. The Kier molecular flexibility index (Phi) is 5.44. The Morgan fingerprint density at radius 2 is 1.80 bits per heavy atom. The van der Waals surface area contributed by atoms with Crippen molar-refractivity contribution in [2.24, 2.45) is 5.92 Å². The van der Waals surface area contributed by atoms with E-state index in [1.165, 1.54) is 32.1 Å². The fourth-order valence-corrected chi connectivity index (χ4v) is 2.19.